The van der Waals surface area contributed by atoms with Crippen LogP contribution >= 0.6 is 22.6 Å². The van der Waals surface area contributed by atoms with Gasteiger partial charge in [-0.15, -0.1) is 0 Å². The molecule has 0 aliphatic heterocycles. The molecule has 0 saturated carbocycles. The summed E-state index contributed by atoms with van der Waals surface area (Å²) < 4.78 is 5.56. The van der Waals surface area contributed by atoms with Gasteiger partial charge in [0.05, 0.1) is 6.33 Å². The Morgan fingerprint density at radius 3 is 3.13 bits per heavy atom. The molecule has 0 amide bonds. The van der Waals surface area contributed by atoms with E-state index in [9.17, 15) is 4.79 Å². The third-order valence-electron chi connectivity index (χ3n) is 1.93. The molecule has 0 spiro atoms. The van der Waals surface area contributed by atoms with Crippen LogP contribution in [0.4, 0.5) is 5.82 Å². The molecule has 0 bridgehead atoms. The van der Waals surface area contributed by atoms with Crippen LogP contribution in [0.25, 0.3) is 0 Å². The van der Waals surface area contributed by atoms with E-state index in [1.807, 2.05) is 29.5 Å². The molecule has 6 heteroatoms. The van der Waals surface area contributed by atoms with E-state index >= 15 is 0 Å². The first-order chi connectivity index (χ1) is 7.15. The van der Waals surface area contributed by atoms with Crippen molar-refractivity contribution in [1.29, 1.82) is 0 Å². The average molecular weight is 323 g/mol. The Morgan fingerprint density at radius 2 is 2.47 bits per heavy atom. The molecular weight excluding hydrogens is 309 g/mol. The lowest BCUT2D eigenvalue weighted by Crippen LogP contribution is -2.22. The summed E-state index contributed by atoms with van der Waals surface area (Å²) in [6.07, 6.45) is 2.27. The number of methoxy groups -OCH3 is 1. The van der Waals surface area contributed by atoms with Gasteiger partial charge >= 0.3 is 0 Å². The summed E-state index contributed by atoms with van der Waals surface area (Å²) >= 11 is 1.98. The first-order valence-electron chi connectivity index (χ1n) is 4.63. The average Bonchev–Trinajstić information content (AvgIpc) is 2.22. The molecule has 0 fully saturated rings. The maximum absolute atomic E-state index is 11.3. The number of nitrogens with one attached hydrogen (secondary N) is 2. The van der Waals surface area contributed by atoms with Crippen LogP contribution in [0.2, 0.25) is 0 Å². The second kappa shape index (κ2) is 6.06. The molecule has 5 nitrogen and oxygen atoms in total. The van der Waals surface area contributed by atoms with E-state index in [0.717, 1.165) is 6.42 Å². The largest absolute Gasteiger partial charge is 0.385 e. The smallest absolute Gasteiger partial charge is 0.266 e. The SMILES string of the molecule is COCCC(C)Nc1nc[nH]c(=O)c1I. The number of hydrogen-bond donors (Lipinski definition) is 2. The summed E-state index contributed by atoms with van der Waals surface area (Å²) in [7, 11) is 1.67. The topological polar surface area (TPSA) is 67.0 Å². The number of aromatic amines is 1. The Hall–Kier alpha value is -0.630. The summed E-state index contributed by atoms with van der Waals surface area (Å²) in [5.41, 5.74) is -0.118. The van der Waals surface area contributed by atoms with E-state index < -0.39 is 0 Å². The molecule has 0 radical (unpaired) electrons. The minimum absolute atomic E-state index is 0.118. The van der Waals surface area contributed by atoms with E-state index in [2.05, 4.69) is 15.3 Å². The van der Waals surface area contributed by atoms with Crippen molar-refractivity contribution in [2.75, 3.05) is 19.0 Å². The van der Waals surface area contributed by atoms with Gasteiger partial charge in [-0.25, -0.2) is 4.98 Å². The normalized spacial score (nSPS) is 12.5. The summed E-state index contributed by atoms with van der Waals surface area (Å²) in [6.45, 7) is 2.71. The Labute approximate surface area is 102 Å². The number of nitrogens with zero attached hydrogens (tertiary/aromatic N) is 1. The Morgan fingerprint density at radius 1 is 1.73 bits per heavy atom. The zero-order valence-corrected chi connectivity index (χ0v) is 10.9. The molecule has 0 aromatic carbocycles. The molecule has 15 heavy (non-hydrogen) atoms. The molecule has 1 atom stereocenters. The van der Waals surface area contributed by atoms with Crippen molar-refractivity contribution in [1.82, 2.24) is 9.97 Å². The van der Waals surface area contributed by atoms with Gasteiger partial charge in [-0.1, -0.05) is 0 Å². The molecule has 1 unspecified atom stereocenters. The molecular formula is C9H14IN3O2. The zero-order valence-electron chi connectivity index (χ0n) is 8.71. The fraction of sp³-hybridized carbons (Fsp3) is 0.556. The summed E-state index contributed by atoms with van der Waals surface area (Å²) in [5.74, 6) is 0.628. The predicted molar refractivity (Wildman–Crippen MR) is 67.2 cm³/mol. The van der Waals surface area contributed by atoms with Gasteiger partial charge in [0.2, 0.25) is 0 Å². The highest BCUT2D eigenvalue weighted by atomic mass is 127. The maximum Gasteiger partial charge on any atom is 0.266 e. The van der Waals surface area contributed by atoms with Gasteiger partial charge in [-0.05, 0) is 35.9 Å². The van der Waals surface area contributed by atoms with Gasteiger partial charge in [0.15, 0.2) is 0 Å². The van der Waals surface area contributed by atoms with Gasteiger partial charge in [-0.3, -0.25) is 4.79 Å². The van der Waals surface area contributed by atoms with Crippen LogP contribution in [0.5, 0.6) is 0 Å². The van der Waals surface area contributed by atoms with Crippen molar-refractivity contribution in [3.63, 3.8) is 0 Å². The molecule has 1 aromatic heterocycles. The third kappa shape index (κ3) is 3.78. The quantitative estimate of drug-likeness (QED) is 0.800. The number of H-pyrrole nitrogens is 1. The molecule has 0 saturated heterocycles. The van der Waals surface area contributed by atoms with E-state index in [1.54, 1.807) is 7.11 Å². The minimum Gasteiger partial charge on any atom is -0.385 e. The number of rotatable bonds is 5. The van der Waals surface area contributed by atoms with Crippen molar-refractivity contribution < 1.29 is 4.74 Å². The first-order valence-corrected chi connectivity index (χ1v) is 5.71. The van der Waals surface area contributed by atoms with Gasteiger partial charge in [0.25, 0.3) is 5.56 Å². The van der Waals surface area contributed by atoms with Crippen molar-refractivity contribution in [3.8, 4) is 0 Å². The lowest BCUT2D eigenvalue weighted by molar-refractivity contribution is 0.191. The first kappa shape index (κ1) is 12.4. The molecule has 0 aliphatic rings. The second-order valence-electron chi connectivity index (χ2n) is 3.22. The monoisotopic (exact) mass is 323 g/mol. The van der Waals surface area contributed by atoms with E-state index in [4.69, 9.17) is 4.74 Å². The summed E-state index contributed by atoms with van der Waals surface area (Å²) in [4.78, 5) is 17.9. The number of aromatic nitrogens is 2. The standard InChI is InChI=1S/C9H14IN3O2/c1-6(3-4-15-2)13-8-7(10)9(14)12-5-11-8/h5-6H,3-4H2,1-2H3,(H2,11,12,13,14). The summed E-state index contributed by atoms with van der Waals surface area (Å²) in [6, 6.07) is 0.229. The maximum atomic E-state index is 11.3. The van der Waals surface area contributed by atoms with Crippen LogP contribution in [0.15, 0.2) is 11.1 Å². The summed E-state index contributed by atoms with van der Waals surface area (Å²) in [5, 5.41) is 3.17. The number of anilines is 1. The van der Waals surface area contributed by atoms with E-state index in [1.165, 1.54) is 6.33 Å². The van der Waals surface area contributed by atoms with Crippen LogP contribution in [0.3, 0.4) is 0 Å². The number of ether oxygens (including phenoxy) is 1. The van der Waals surface area contributed by atoms with Gasteiger partial charge in [-0.2, -0.15) is 0 Å². The highest BCUT2D eigenvalue weighted by Crippen LogP contribution is 2.11. The van der Waals surface area contributed by atoms with Crippen molar-refractivity contribution >= 4 is 28.4 Å². The zero-order chi connectivity index (χ0) is 11.3. The van der Waals surface area contributed by atoms with Crippen molar-refractivity contribution in [2.24, 2.45) is 0 Å². The molecule has 84 valence electrons. The van der Waals surface area contributed by atoms with Crippen molar-refractivity contribution in [2.45, 2.75) is 19.4 Å². The van der Waals surface area contributed by atoms with Gasteiger partial charge < -0.3 is 15.0 Å². The fourth-order valence-corrected chi connectivity index (χ4v) is 1.53. The highest BCUT2D eigenvalue weighted by molar-refractivity contribution is 14.1. The Balaban J connectivity index is 2.64. The second-order valence-corrected chi connectivity index (χ2v) is 4.30. The van der Waals surface area contributed by atoms with E-state index in [0.29, 0.717) is 16.0 Å². The molecule has 2 N–H and O–H groups in total. The number of halogens is 1. The lowest BCUT2D eigenvalue weighted by Gasteiger charge is -2.14. The van der Waals surface area contributed by atoms with Crippen LogP contribution in [0, 0.1) is 3.57 Å². The van der Waals surface area contributed by atoms with Crippen LogP contribution in [-0.4, -0.2) is 29.7 Å². The van der Waals surface area contributed by atoms with E-state index in [-0.39, 0.29) is 11.6 Å². The molecule has 0 aliphatic carbocycles. The predicted octanol–water partition coefficient (Wildman–Crippen LogP) is 1.21. The fourth-order valence-electron chi connectivity index (χ4n) is 1.08. The third-order valence-corrected chi connectivity index (χ3v) is 2.94. The van der Waals surface area contributed by atoms with Gasteiger partial charge in [0.1, 0.15) is 9.39 Å². The van der Waals surface area contributed by atoms with Crippen LogP contribution < -0.4 is 10.9 Å². The number of hydrogen-bond acceptors (Lipinski definition) is 4. The molecule has 1 rings (SSSR count). The van der Waals surface area contributed by atoms with Gasteiger partial charge in [0, 0.05) is 19.8 Å². The molecule has 1 aromatic rings. The lowest BCUT2D eigenvalue weighted by atomic mass is 10.2. The Kier molecular flexibility index (Phi) is 5.03. The van der Waals surface area contributed by atoms with Crippen molar-refractivity contribution in [3.05, 3.63) is 20.3 Å². The van der Waals surface area contributed by atoms with Crippen LogP contribution in [-0.2, 0) is 4.74 Å². The minimum atomic E-state index is -0.118. The van der Waals surface area contributed by atoms with Crippen LogP contribution in [0.1, 0.15) is 13.3 Å². The Bertz CT molecular complexity index is 367. The molecule has 1 heterocycles. The highest BCUT2D eigenvalue weighted by Gasteiger charge is 2.08.